The zero-order chi connectivity index (χ0) is 16.2. The van der Waals surface area contributed by atoms with Crippen LogP contribution in [-0.2, 0) is 0 Å². The molecule has 0 amide bonds. The van der Waals surface area contributed by atoms with E-state index in [-0.39, 0.29) is 22.6 Å². The highest BCUT2D eigenvalue weighted by Gasteiger charge is 2.41. The van der Waals surface area contributed by atoms with Gasteiger partial charge < -0.3 is 5.11 Å². The number of aromatic nitrogens is 1. The van der Waals surface area contributed by atoms with Gasteiger partial charge in [-0.15, -0.1) is 0 Å². The highest BCUT2D eigenvalue weighted by molar-refractivity contribution is 6.29. The van der Waals surface area contributed by atoms with E-state index in [2.05, 4.69) is 4.98 Å². The van der Waals surface area contributed by atoms with Crippen LogP contribution in [0.15, 0.2) is 54.6 Å². The number of para-hydroxylation sites is 1. The summed E-state index contributed by atoms with van der Waals surface area (Å²) < 4.78 is 8.51. The van der Waals surface area contributed by atoms with Gasteiger partial charge in [-0.05, 0) is 12.1 Å². The third-order valence-electron chi connectivity index (χ3n) is 3.81. The van der Waals surface area contributed by atoms with Gasteiger partial charge in [0, 0.05) is 16.5 Å². The first-order valence-electron chi connectivity index (χ1n) is 7.31. The van der Waals surface area contributed by atoms with Crippen LogP contribution in [0.25, 0.3) is 10.9 Å². The number of pyridine rings is 1. The molecule has 0 saturated carbocycles. The number of ketones is 2. The third-order valence-corrected chi connectivity index (χ3v) is 3.81. The average Bonchev–Trinajstić information content (AvgIpc) is 2.77. The van der Waals surface area contributed by atoms with E-state index < -0.39 is 17.5 Å². The van der Waals surface area contributed by atoms with Crippen molar-refractivity contribution in [3.8, 4) is 5.75 Å². The number of Topliss-reactive ketones (excluding diaryl/α,β-unsaturated/α-hetero) is 2. The molecule has 22 heavy (non-hydrogen) atoms. The maximum Gasteiger partial charge on any atom is 0.180 e. The Bertz CT molecular complexity index is 961. The van der Waals surface area contributed by atoms with E-state index in [4.69, 9.17) is 1.37 Å². The number of carbonyl (C=O) groups is 2. The van der Waals surface area contributed by atoms with Gasteiger partial charge in [0.1, 0.15) is 17.3 Å². The zero-order valence-electron chi connectivity index (χ0n) is 12.4. The van der Waals surface area contributed by atoms with Crippen LogP contribution in [0.2, 0.25) is 0 Å². The molecule has 4 rings (SSSR count). The first-order valence-corrected chi connectivity index (χ1v) is 6.81. The molecule has 0 bridgehead atoms. The summed E-state index contributed by atoms with van der Waals surface area (Å²) in [5, 5.41) is 10.9. The maximum atomic E-state index is 12.7. The molecule has 4 nitrogen and oxygen atoms in total. The van der Waals surface area contributed by atoms with E-state index >= 15 is 0 Å². The number of fused-ring (bicyclic) bond motifs is 2. The summed E-state index contributed by atoms with van der Waals surface area (Å²) in [7, 11) is 0. The number of hydrogen-bond donors (Lipinski definition) is 1. The van der Waals surface area contributed by atoms with E-state index in [1.807, 2.05) is 0 Å². The molecular formula is C18H11NO3. The van der Waals surface area contributed by atoms with Gasteiger partial charge in [-0.2, -0.15) is 0 Å². The van der Waals surface area contributed by atoms with Crippen molar-refractivity contribution in [3.05, 3.63) is 71.4 Å². The van der Waals surface area contributed by atoms with Crippen LogP contribution >= 0.6 is 0 Å². The van der Waals surface area contributed by atoms with Gasteiger partial charge in [0.25, 0.3) is 0 Å². The molecule has 1 heterocycles. The van der Waals surface area contributed by atoms with Gasteiger partial charge in [-0.25, -0.2) is 4.98 Å². The molecule has 0 unspecified atom stereocenters. The van der Waals surface area contributed by atoms with Crippen molar-refractivity contribution in [2.75, 3.05) is 0 Å². The Kier molecular flexibility index (Phi) is 2.38. The number of hydrogen-bond acceptors (Lipinski definition) is 4. The molecule has 1 aliphatic rings. The van der Waals surface area contributed by atoms with Crippen molar-refractivity contribution < 1.29 is 16.1 Å². The van der Waals surface area contributed by atoms with Gasteiger partial charge in [0.15, 0.2) is 11.6 Å². The van der Waals surface area contributed by atoms with E-state index in [0.717, 1.165) is 0 Å². The second-order valence-electron chi connectivity index (χ2n) is 5.13. The van der Waals surface area contributed by atoms with E-state index in [9.17, 15) is 14.7 Å². The standard InChI is InChI=1S/C18H11NO3/c20-14-9-10-5-1-4-8-13(10)19-16(14)15-17(21)11-6-2-3-7-12(11)18(15)22/h1-9,15,20H/i15D. The Labute approximate surface area is 127 Å². The zero-order valence-corrected chi connectivity index (χ0v) is 11.4. The molecule has 0 saturated heterocycles. The van der Waals surface area contributed by atoms with Crippen molar-refractivity contribution >= 4 is 22.5 Å². The molecule has 1 aromatic heterocycles. The van der Waals surface area contributed by atoms with Crippen LogP contribution in [0.3, 0.4) is 0 Å². The second-order valence-corrected chi connectivity index (χ2v) is 5.13. The third kappa shape index (κ3) is 1.67. The molecule has 106 valence electrons. The minimum Gasteiger partial charge on any atom is -0.506 e. The van der Waals surface area contributed by atoms with Gasteiger partial charge in [-0.3, -0.25) is 9.59 Å². The summed E-state index contributed by atoms with van der Waals surface area (Å²) >= 11 is 0. The monoisotopic (exact) mass is 290 g/mol. The van der Waals surface area contributed by atoms with E-state index in [1.165, 1.54) is 18.2 Å². The first-order chi connectivity index (χ1) is 11.0. The Hall–Kier alpha value is -3.01. The van der Waals surface area contributed by atoms with Crippen molar-refractivity contribution in [2.45, 2.75) is 5.89 Å². The molecule has 0 atom stereocenters. The fourth-order valence-electron chi connectivity index (χ4n) is 2.76. The summed E-state index contributed by atoms with van der Waals surface area (Å²) in [5.41, 5.74) is 0.689. The summed E-state index contributed by atoms with van der Waals surface area (Å²) in [6.07, 6.45) is 0. The average molecular weight is 290 g/mol. The smallest absolute Gasteiger partial charge is 0.180 e. The molecule has 0 fully saturated rings. The summed E-state index contributed by atoms with van der Waals surface area (Å²) in [6.45, 7) is 0. The molecule has 3 aromatic rings. The fraction of sp³-hybridized carbons (Fsp3) is 0.0556. The normalized spacial score (nSPS) is 16.6. The molecule has 1 N–H and O–H groups in total. The summed E-state index contributed by atoms with van der Waals surface area (Å²) in [4.78, 5) is 29.5. The number of rotatable bonds is 1. The minimum atomic E-state index is -2.24. The second kappa shape index (κ2) is 4.49. The van der Waals surface area contributed by atoms with Crippen LogP contribution in [0.4, 0.5) is 0 Å². The van der Waals surface area contributed by atoms with E-state index in [1.54, 1.807) is 36.4 Å². The molecule has 0 aliphatic heterocycles. The number of benzene rings is 2. The summed E-state index contributed by atoms with van der Waals surface area (Å²) in [6, 6.07) is 14.8. The lowest BCUT2D eigenvalue weighted by Gasteiger charge is -2.10. The van der Waals surface area contributed by atoms with Crippen LogP contribution in [0.1, 0.15) is 33.7 Å². The molecule has 2 aromatic carbocycles. The number of carbonyl (C=O) groups excluding carboxylic acids is 2. The predicted octanol–water partition coefficient (Wildman–Crippen LogP) is 3.10. The Morgan fingerprint density at radius 1 is 0.955 bits per heavy atom. The lowest BCUT2D eigenvalue weighted by atomic mass is 9.97. The van der Waals surface area contributed by atoms with Crippen LogP contribution in [0.5, 0.6) is 5.75 Å². The van der Waals surface area contributed by atoms with Crippen molar-refractivity contribution in [1.29, 1.82) is 0 Å². The quantitative estimate of drug-likeness (QED) is 0.699. The maximum absolute atomic E-state index is 12.7. The molecule has 0 radical (unpaired) electrons. The van der Waals surface area contributed by atoms with Gasteiger partial charge in [0.2, 0.25) is 0 Å². The number of aromatic hydroxyl groups is 1. The van der Waals surface area contributed by atoms with Crippen LogP contribution in [0, 0.1) is 0 Å². The Morgan fingerprint density at radius 3 is 2.23 bits per heavy atom. The van der Waals surface area contributed by atoms with Crippen molar-refractivity contribution in [1.82, 2.24) is 4.98 Å². The molecule has 4 heteroatoms. The molecule has 0 spiro atoms. The lowest BCUT2D eigenvalue weighted by molar-refractivity contribution is 0.0886. The minimum absolute atomic E-state index is 0.196. The Morgan fingerprint density at radius 2 is 1.55 bits per heavy atom. The van der Waals surface area contributed by atoms with Crippen molar-refractivity contribution in [2.24, 2.45) is 0 Å². The highest BCUT2D eigenvalue weighted by atomic mass is 16.3. The predicted molar refractivity (Wildman–Crippen MR) is 81.3 cm³/mol. The van der Waals surface area contributed by atoms with Crippen LogP contribution < -0.4 is 0 Å². The fourth-order valence-corrected chi connectivity index (χ4v) is 2.76. The summed E-state index contributed by atoms with van der Waals surface area (Å²) in [5.74, 6) is -3.88. The van der Waals surface area contributed by atoms with E-state index in [0.29, 0.717) is 10.9 Å². The Balaban J connectivity index is 1.99. The molecule has 1 aliphatic carbocycles. The van der Waals surface area contributed by atoms with Gasteiger partial charge in [-0.1, -0.05) is 42.5 Å². The largest absolute Gasteiger partial charge is 0.506 e. The van der Waals surface area contributed by atoms with Gasteiger partial charge in [0.05, 0.1) is 6.89 Å². The lowest BCUT2D eigenvalue weighted by Crippen LogP contribution is -2.14. The molecular weight excluding hydrogens is 278 g/mol. The van der Waals surface area contributed by atoms with Crippen LogP contribution in [-0.4, -0.2) is 21.7 Å². The van der Waals surface area contributed by atoms with Gasteiger partial charge >= 0.3 is 0 Å². The topological polar surface area (TPSA) is 67.3 Å². The first kappa shape index (κ1) is 11.6. The van der Waals surface area contributed by atoms with Crippen molar-refractivity contribution in [3.63, 3.8) is 0 Å². The SMILES string of the molecule is [2H]C1(c2nc3ccccc3cc2O)C(=O)c2ccccc2C1=O. The number of nitrogens with zero attached hydrogens (tertiary/aromatic N) is 1. The highest BCUT2D eigenvalue weighted by Crippen LogP contribution is 2.37.